The third-order valence-corrected chi connectivity index (χ3v) is 3.11. The van der Waals surface area contributed by atoms with Crippen molar-refractivity contribution >= 4 is 5.97 Å². The van der Waals surface area contributed by atoms with E-state index in [0.717, 1.165) is 6.54 Å². The monoisotopic (exact) mass is 251 g/mol. The van der Waals surface area contributed by atoms with Crippen LogP contribution in [-0.2, 0) is 11.3 Å². The summed E-state index contributed by atoms with van der Waals surface area (Å²) in [6, 6.07) is 0.262. The first-order valence-corrected chi connectivity index (χ1v) is 5.95. The van der Waals surface area contributed by atoms with Crippen molar-refractivity contribution in [3.05, 3.63) is 23.8 Å². The average Bonchev–Trinajstić information content (AvgIpc) is 2.34. The summed E-state index contributed by atoms with van der Waals surface area (Å²) in [5.74, 6) is -0.987. The molecule has 1 aliphatic heterocycles. The van der Waals surface area contributed by atoms with Crippen molar-refractivity contribution in [3.63, 3.8) is 0 Å². The summed E-state index contributed by atoms with van der Waals surface area (Å²) < 4.78 is 5.54. The lowest BCUT2D eigenvalue weighted by Gasteiger charge is -2.36. The van der Waals surface area contributed by atoms with E-state index in [4.69, 9.17) is 9.84 Å². The van der Waals surface area contributed by atoms with Crippen molar-refractivity contribution in [3.8, 4) is 0 Å². The number of hydrogen-bond donors (Lipinski definition) is 1. The molecule has 0 aromatic carbocycles. The molecule has 1 N–H and O–H groups in total. The number of morpholine rings is 1. The van der Waals surface area contributed by atoms with Gasteiger partial charge in [0.15, 0.2) is 0 Å². The Morgan fingerprint density at radius 2 is 2.39 bits per heavy atom. The molecule has 2 unspecified atom stereocenters. The molecular formula is C12H17N3O3. The normalized spacial score (nSPS) is 25.0. The minimum Gasteiger partial charge on any atom is -0.478 e. The van der Waals surface area contributed by atoms with Crippen molar-refractivity contribution in [2.24, 2.45) is 0 Å². The van der Waals surface area contributed by atoms with Crippen molar-refractivity contribution in [1.29, 1.82) is 0 Å². The minimum atomic E-state index is -0.987. The number of nitrogens with zero attached hydrogens (tertiary/aromatic N) is 3. The zero-order valence-corrected chi connectivity index (χ0v) is 10.5. The van der Waals surface area contributed by atoms with E-state index < -0.39 is 5.97 Å². The summed E-state index contributed by atoms with van der Waals surface area (Å²) in [5.41, 5.74) is 0.724. The van der Waals surface area contributed by atoms with Crippen LogP contribution in [0.4, 0.5) is 0 Å². The molecule has 0 spiro atoms. The lowest BCUT2D eigenvalue weighted by atomic mass is 10.1. The number of carboxylic acid groups (broad SMARTS) is 1. The summed E-state index contributed by atoms with van der Waals surface area (Å²) in [4.78, 5) is 21.1. The zero-order chi connectivity index (χ0) is 13.1. The number of hydrogen-bond acceptors (Lipinski definition) is 5. The largest absolute Gasteiger partial charge is 0.478 e. The second-order valence-electron chi connectivity index (χ2n) is 4.61. The van der Waals surface area contributed by atoms with Gasteiger partial charge in [0.1, 0.15) is 11.9 Å². The molecule has 1 aliphatic rings. The number of carboxylic acids is 1. The smallest absolute Gasteiger partial charge is 0.339 e. The third-order valence-electron chi connectivity index (χ3n) is 3.11. The van der Waals surface area contributed by atoms with Gasteiger partial charge in [-0.3, -0.25) is 4.90 Å². The van der Waals surface area contributed by atoms with Gasteiger partial charge in [0.05, 0.1) is 18.4 Å². The van der Waals surface area contributed by atoms with Gasteiger partial charge in [-0.2, -0.15) is 0 Å². The van der Waals surface area contributed by atoms with E-state index in [1.165, 1.54) is 12.5 Å². The van der Waals surface area contributed by atoms with E-state index in [9.17, 15) is 4.79 Å². The fraction of sp³-hybridized carbons (Fsp3) is 0.583. The Morgan fingerprint density at radius 3 is 3.11 bits per heavy atom. The molecule has 98 valence electrons. The Bertz CT molecular complexity index is 438. The molecule has 0 saturated carbocycles. The van der Waals surface area contributed by atoms with Gasteiger partial charge in [-0.1, -0.05) is 0 Å². The molecule has 18 heavy (non-hydrogen) atoms. The van der Waals surface area contributed by atoms with Gasteiger partial charge in [0.2, 0.25) is 0 Å². The van der Waals surface area contributed by atoms with Crippen LogP contribution in [0.3, 0.4) is 0 Å². The van der Waals surface area contributed by atoms with Crippen molar-refractivity contribution in [2.45, 2.75) is 32.5 Å². The van der Waals surface area contributed by atoms with Crippen LogP contribution in [-0.4, -0.2) is 51.2 Å². The van der Waals surface area contributed by atoms with Crippen LogP contribution in [0.2, 0.25) is 0 Å². The summed E-state index contributed by atoms with van der Waals surface area (Å²) in [6.07, 6.45) is 2.89. The molecule has 6 heteroatoms. The standard InChI is InChI=1S/C12H17N3O3/c1-8-6-18-9(2)4-15(8)5-11-10(12(16)17)3-13-7-14-11/h3,7-9H,4-6H2,1-2H3,(H,16,17). The lowest BCUT2D eigenvalue weighted by Crippen LogP contribution is -2.46. The highest BCUT2D eigenvalue weighted by Gasteiger charge is 2.25. The number of aromatic carboxylic acids is 1. The molecule has 0 amide bonds. The molecule has 2 atom stereocenters. The maximum atomic E-state index is 11.1. The van der Waals surface area contributed by atoms with E-state index in [-0.39, 0.29) is 17.7 Å². The highest BCUT2D eigenvalue weighted by Crippen LogP contribution is 2.16. The Hall–Kier alpha value is -1.53. The van der Waals surface area contributed by atoms with E-state index in [0.29, 0.717) is 18.8 Å². The Labute approximate surface area is 106 Å². The van der Waals surface area contributed by atoms with Crippen LogP contribution in [0.25, 0.3) is 0 Å². The molecule has 0 aliphatic carbocycles. The Kier molecular flexibility index (Phi) is 3.88. The number of carbonyl (C=O) groups is 1. The molecule has 0 bridgehead atoms. The minimum absolute atomic E-state index is 0.163. The topological polar surface area (TPSA) is 75.6 Å². The first kappa shape index (κ1) is 12.9. The van der Waals surface area contributed by atoms with Gasteiger partial charge in [-0.25, -0.2) is 14.8 Å². The Morgan fingerprint density at radius 1 is 1.61 bits per heavy atom. The molecule has 6 nitrogen and oxygen atoms in total. The summed E-state index contributed by atoms with van der Waals surface area (Å²) in [7, 11) is 0. The van der Waals surface area contributed by atoms with Crippen LogP contribution in [0, 0.1) is 0 Å². The number of aromatic nitrogens is 2. The summed E-state index contributed by atoms with van der Waals surface area (Å²) in [5, 5.41) is 9.09. The SMILES string of the molecule is CC1CN(Cc2ncncc2C(=O)O)C(C)CO1. The van der Waals surface area contributed by atoms with Crippen LogP contribution >= 0.6 is 0 Å². The molecule has 2 rings (SSSR count). The highest BCUT2D eigenvalue weighted by atomic mass is 16.5. The fourth-order valence-corrected chi connectivity index (χ4v) is 2.04. The van der Waals surface area contributed by atoms with Gasteiger partial charge < -0.3 is 9.84 Å². The van der Waals surface area contributed by atoms with Gasteiger partial charge in [-0.05, 0) is 13.8 Å². The van der Waals surface area contributed by atoms with E-state index in [1.807, 2.05) is 6.92 Å². The van der Waals surface area contributed by atoms with Crippen LogP contribution in [0.1, 0.15) is 29.9 Å². The molecular weight excluding hydrogens is 234 g/mol. The van der Waals surface area contributed by atoms with Crippen molar-refractivity contribution in [2.75, 3.05) is 13.2 Å². The van der Waals surface area contributed by atoms with Gasteiger partial charge in [-0.15, -0.1) is 0 Å². The molecule has 1 fully saturated rings. The predicted octanol–water partition coefficient (Wildman–Crippen LogP) is 0.784. The molecule has 1 aromatic rings. The van der Waals surface area contributed by atoms with Crippen molar-refractivity contribution in [1.82, 2.24) is 14.9 Å². The molecule has 1 aromatic heterocycles. The first-order valence-electron chi connectivity index (χ1n) is 5.95. The van der Waals surface area contributed by atoms with Crippen molar-refractivity contribution < 1.29 is 14.6 Å². The predicted molar refractivity (Wildman–Crippen MR) is 64.3 cm³/mol. The quantitative estimate of drug-likeness (QED) is 0.855. The first-order chi connectivity index (χ1) is 8.58. The van der Waals surface area contributed by atoms with Crippen LogP contribution in [0.15, 0.2) is 12.5 Å². The summed E-state index contributed by atoms with van der Waals surface area (Å²) in [6.45, 7) is 6.03. The van der Waals surface area contributed by atoms with E-state index in [2.05, 4.69) is 21.8 Å². The van der Waals surface area contributed by atoms with Gasteiger partial charge in [0, 0.05) is 25.3 Å². The fourth-order valence-electron chi connectivity index (χ4n) is 2.04. The lowest BCUT2D eigenvalue weighted by molar-refractivity contribution is -0.0531. The molecule has 2 heterocycles. The maximum Gasteiger partial charge on any atom is 0.339 e. The number of rotatable bonds is 3. The van der Waals surface area contributed by atoms with Gasteiger partial charge >= 0.3 is 5.97 Å². The number of ether oxygens (including phenoxy) is 1. The zero-order valence-electron chi connectivity index (χ0n) is 10.5. The highest BCUT2D eigenvalue weighted by molar-refractivity contribution is 5.88. The Balaban J connectivity index is 2.15. The van der Waals surface area contributed by atoms with Gasteiger partial charge in [0.25, 0.3) is 0 Å². The summed E-state index contributed by atoms with van der Waals surface area (Å²) >= 11 is 0. The van der Waals surface area contributed by atoms with Crippen LogP contribution in [0.5, 0.6) is 0 Å². The maximum absolute atomic E-state index is 11.1. The average molecular weight is 251 g/mol. The second-order valence-corrected chi connectivity index (χ2v) is 4.61. The molecule has 0 radical (unpaired) electrons. The van der Waals surface area contributed by atoms with Crippen LogP contribution < -0.4 is 0 Å². The van der Waals surface area contributed by atoms with E-state index in [1.54, 1.807) is 0 Å². The third kappa shape index (κ3) is 2.83. The second kappa shape index (κ2) is 5.41. The van der Waals surface area contributed by atoms with E-state index >= 15 is 0 Å². The molecule has 1 saturated heterocycles.